The molecule has 9 rings (SSSR count). The van der Waals surface area contributed by atoms with Crippen LogP contribution in [0.4, 0.5) is 5.69 Å². The second-order valence-electron chi connectivity index (χ2n) is 13.1. The summed E-state index contributed by atoms with van der Waals surface area (Å²) in [4.78, 5) is 2.63. The van der Waals surface area contributed by atoms with Gasteiger partial charge in [-0.1, -0.05) is 146 Å². The second kappa shape index (κ2) is 11.9. The molecule has 1 heterocycles. The molecule has 0 amide bonds. The number of hydrogen-bond acceptors (Lipinski definition) is 2. The summed E-state index contributed by atoms with van der Waals surface area (Å²) in [5.41, 5.74) is 9.17. The maximum absolute atomic E-state index is 4.03. The largest absolute Gasteiger partial charge is 0.347 e. The molecular formula is C45H38N2. The van der Waals surface area contributed by atoms with Crippen molar-refractivity contribution in [1.29, 1.82) is 0 Å². The first-order chi connectivity index (χ1) is 23.3. The Morgan fingerprint density at radius 3 is 2.02 bits per heavy atom. The van der Waals surface area contributed by atoms with Gasteiger partial charge in [-0.3, -0.25) is 5.32 Å². The van der Waals surface area contributed by atoms with Crippen LogP contribution in [0.3, 0.4) is 0 Å². The van der Waals surface area contributed by atoms with Crippen molar-refractivity contribution in [3.63, 3.8) is 0 Å². The number of para-hydroxylation sites is 1. The van der Waals surface area contributed by atoms with Crippen LogP contribution in [0.25, 0.3) is 38.2 Å². The summed E-state index contributed by atoms with van der Waals surface area (Å²) in [6.07, 6.45) is 15.3. The molecule has 0 aromatic heterocycles. The molecule has 1 aliphatic heterocycles. The van der Waals surface area contributed by atoms with Gasteiger partial charge in [0.25, 0.3) is 0 Å². The van der Waals surface area contributed by atoms with Gasteiger partial charge in [0.2, 0.25) is 0 Å². The number of rotatable bonds is 5. The molecule has 3 aliphatic rings. The first-order valence-electron chi connectivity index (χ1n) is 17.1. The predicted molar refractivity (Wildman–Crippen MR) is 199 cm³/mol. The molecule has 1 fully saturated rings. The molecule has 228 valence electrons. The number of nitrogens with one attached hydrogen (secondary N) is 1. The predicted octanol–water partition coefficient (Wildman–Crippen LogP) is 11.0. The Morgan fingerprint density at radius 1 is 0.596 bits per heavy atom. The van der Waals surface area contributed by atoms with Crippen molar-refractivity contribution < 1.29 is 0 Å². The zero-order valence-electron chi connectivity index (χ0n) is 26.5. The Morgan fingerprint density at radius 2 is 1.28 bits per heavy atom. The Balaban J connectivity index is 1.24. The minimum absolute atomic E-state index is 0.0820. The SMILES string of the molecule is C1=CC2NC(c3ccc4c(C5=CCC(c6ccccc6)C=C5)c5ccccc5c(-c5ccccc5)c4c3)N(c3ccccc3)C2CC1. The standard InChI is InChI=1S/C45H38N2/c1-4-14-31(15-5-1)32-24-26-34(27-25-32)43-37-20-10-11-21-38(37)44(33-16-6-2-7-17-33)40-30-35(28-29-39(40)43)45-46-41-22-12-13-23-42(41)47(45)36-18-8-3-9-19-36/h1-12,14-22,24,26-30,32,41-42,45-46H,13,23,25H2. The topological polar surface area (TPSA) is 15.3 Å². The van der Waals surface area contributed by atoms with E-state index in [9.17, 15) is 0 Å². The van der Waals surface area contributed by atoms with Crippen LogP contribution in [0.1, 0.15) is 48.0 Å². The smallest absolute Gasteiger partial charge is 0.107 e. The number of nitrogens with zero attached hydrogens (tertiary/aromatic N) is 1. The molecule has 2 aliphatic carbocycles. The first-order valence-corrected chi connectivity index (χ1v) is 17.1. The molecule has 6 aromatic rings. The fourth-order valence-electron chi connectivity index (χ4n) is 8.29. The van der Waals surface area contributed by atoms with E-state index in [1.54, 1.807) is 0 Å². The highest BCUT2D eigenvalue weighted by atomic mass is 15.4. The summed E-state index contributed by atoms with van der Waals surface area (Å²) >= 11 is 0. The molecule has 6 aromatic carbocycles. The lowest BCUT2D eigenvalue weighted by atomic mass is 9.82. The Labute approximate surface area is 277 Å². The van der Waals surface area contributed by atoms with Crippen molar-refractivity contribution in [3.05, 3.63) is 181 Å². The van der Waals surface area contributed by atoms with Gasteiger partial charge in [-0.2, -0.15) is 0 Å². The van der Waals surface area contributed by atoms with Crippen LogP contribution in [0.15, 0.2) is 164 Å². The van der Waals surface area contributed by atoms with E-state index in [2.05, 4.69) is 174 Å². The molecule has 0 radical (unpaired) electrons. The van der Waals surface area contributed by atoms with Crippen molar-refractivity contribution in [1.82, 2.24) is 5.32 Å². The Hall–Kier alpha value is -5.18. The number of fused-ring (bicyclic) bond motifs is 3. The Bertz CT molecular complexity index is 2160. The van der Waals surface area contributed by atoms with Crippen molar-refractivity contribution >= 4 is 32.8 Å². The maximum atomic E-state index is 4.03. The molecule has 4 unspecified atom stereocenters. The first kappa shape index (κ1) is 28.1. The van der Waals surface area contributed by atoms with Gasteiger partial charge in [-0.05, 0) is 92.4 Å². The maximum Gasteiger partial charge on any atom is 0.107 e. The van der Waals surface area contributed by atoms with E-state index in [0.29, 0.717) is 18.0 Å². The summed E-state index contributed by atoms with van der Waals surface area (Å²) in [7, 11) is 0. The average molecular weight is 607 g/mol. The van der Waals surface area contributed by atoms with Crippen molar-refractivity contribution in [3.8, 4) is 11.1 Å². The fourth-order valence-corrected chi connectivity index (χ4v) is 8.29. The molecular weight excluding hydrogens is 569 g/mol. The van der Waals surface area contributed by atoms with Gasteiger partial charge in [0, 0.05) is 17.6 Å². The number of benzene rings is 6. The lowest BCUT2D eigenvalue weighted by molar-refractivity contribution is 0.553. The quantitative estimate of drug-likeness (QED) is 0.155. The highest BCUT2D eigenvalue weighted by molar-refractivity contribution is 6.19. The molecule has 0 bridgehead atoms. The molecule has 47 heavy (non-hydrogen) atoms. The van der Waals surface area contributed by atoms with E-state index in [0.717, 1.165) is 19.3 Å². The van der Waals surface area contributed by atoms with Crippen LogP contribution < -0.4 is 10.2 Å². The zero-order valence-corrected chi connectivity index (χ0v) is 26.5. The van der Waals surface area contributed by atoms with Gasteiger partial charge in [0.1, 0.15) is 6.17 Å². The van der Waals surface area contributed by atoms with Crippen LogP contribution in [0.5, 0.6) is 0 Å². The third-order valence-electron chi connectivity index (χ3n) is 10.5. The second-order valence-corrected chi connectivity index (χ2v) is 13.1. The van der Waals surface area contributed by atoms with Gasteiger partial charge in [0.15, 0.2) is 0 Å². The normalized spacial score (nSPS) is 22.0. The molecule has 0 spiro atoms. The van der Waals surface area contributed by atoms with Gasteiger partial charge >= 0.3 is 0 Å². The minimum atomic E-state index is 0.0820. The lowest BCUT2D eigenvalue weighted by Gasteiger charge is -2.33. The van der Waals surface area contributed by atoms with Crippen molar-refractivity contribution in [2.45, 2.75) is 43.4 Å². The van der Waals surface area contributed by atoms with Crippen molar-refractivity contribution in [2.75, 3.05) is 4.90 Å². The van der Waals surface area contributed by atoms with Crippen LogP contribution in [0, 0.1) is 0 Å². The summed E-state index contributed by atoms with van der Waals surface area (Å²) in [5, 5.41) is 9.26. The minimum Gasteiger partial charge on any atom is -0.347 e. The van der Waals surface area contributed by atoms with Crippen LogP contribution >= 0.6 is 0 Å². The summed E-state index contributed by atoms with van der Waals surface area (Å²) in [6, 6.07) is 49.9. The number of hydrogen-bond donors (Lipinski definition) is 1. The zero-order chi connectivity index (χ0) is 31.2. The summed E-state index contributed by atoms with van der Waals surface area (Å²) in [6.45, 7) is 0. The number of anilines is 1. The van der Waals surface area contributed by atoms with E-state index < -0.39 is 0 Å². The highest BCUT2D eigenvalue weighted by Crippen LogP contribution is 2.46. The van der Waals surface area contributed by atoms with E-state index in [-0.39, 0.29) is 6.17 Å². The van der Waals surface area contributed by atoms with E-state index >= 15 is 0 Å². The molecule has 4 atom stereocenters. The van der Waals surface area contributed by atoms with Crippen molar-refractivity contribution in [2.24, 2.45) is 0 Å². The van der Waals surface area contributed by atoms with E-state index in [1.807, 2.05) is 0 Å². The summed E-state index contributed by atoms with van der Waals surface area (Å²) < 4.78 is 0. The molecule has 0 saturated carbocycles. The van der Waals surface area contributed by atoms with Gasteiger partial charge in [0.05, 0.1) is 6.04 Å². The number of allylic oxidation sites excluding steroid dienone is 5. The summed E-state index contributed by atoms with van der Waals surface area (Å²) in [5.74, 6) is 0.405. The van der Waals surface area contributed by atoms with Gasteiger partial charge in [-0.15, -0.1) is 0 Å². The van der Waals surface area contributed by atoms with Gasteiger partial charge < -0.3 is 4.90 Å². The highest BCUT2D eigenvalue weighted by Gasteiger charge is 2.41. The van der Waals surface area contributed by atoms with Crippen LogP contribution in [0.2, 0.25) is 0 Å². The van der Waals surface area contributed by atoms with E-state index in [1.165, 1.54) is 60.6 Å². The van der Waals surface area contributed by atoms with Gasteiger partial charge in [-0.25, -0.2) is 0 Å². The third-order valence-corrected chi connectivity index (χ3v) is 10.5. The molecule has 2 heteroatoms. The fraction of sp³-hybridized carbons (Fsp3) is 0.156. The molecule has 1 saturated heterocycles. The van der Waals surface area contributed by atoms with Crippen LogP contribution in [-0.2, 0) is 0 Å². The monoisotopic (exact) mass is 606 g/mol. The Kier molecular flexibility index (Phi) is 7.09. The third kappa shape index (κ3) is 4.92. The molecule has 1 N–H and O–H groups in total. The molecule has 2 nitrogen and oxygen atoms in total. The average Bonchev–Trinajstić information content (AvgIpc) is 3.54. The van der Waals surface area contributed by atoms with E-state index in [4.69, 9.17) is 0 Å². The van der Waals surface area contributed by atoms with Crippen LogP contribution in [-0.4, -0.2) is 12.1 Å². The lowest BCUT2D eigenvalue weighted by Crippen LogP contribution is -2.37.